The molecule has 0 spiro atoms. The van der Waals surface area contributed by atoms with E-state index >= 15 is 0 Å². The highest BCUT2D eigenvalue weighted by Gasteiger charge is 2.47. The predicted octanol–water partition coefficient (Wildman–Crippen LogP) is 5.00. The van der Waals surface area contributed by atoms with Crippen LogP contribution in [0.5, 0.6) is 0 Å². The van der Waals surface area contributed by atoms with Gasteiger partial charge in [-0.25, -0.2) is 4.39 Å². The van der Waals surface area contributed by atoms with Gasteiger partial charge in [-0.15, -0.1) is 0 Å². The van der Waals surface area contributed by atoms with Gasteiger partial charge < -0.3 is 9.73 Å². The predicted molar refractivity (Wildman–Crippen MR) is 91.8 cm³/mol. The van der Waals surface area contributed by atoms with E-state index in [0.717, 1.165) is 36.0 Å². The second-order valence-corrected chi connectivity index (χ2v) is 8.08. The van der Waals surface area contributed by atoms with Crippen molar-refractivity contribution in [3.05, 3.63) is 48.0 Å². The van der Waals surface area contributed by atoms with Crippen LogP contribution in [0.1, 0.15) is 37.9 Å². The Labute approximate surface area is 142 Å². The number of furan rings is 1. The quantitative estimate of drug-likeness (QED) is 0.856. The SMILES string of the molecule is Fc1ccccc1-c1ccc(CNC2C3CC4CC(C3)CC2C4)o1. The fourth-order valence-corrected chi connectivity index (χ4v) is 5.76. The molecule has 1 aromatic heterocycles. The molecule has 3 heteroatoms. The van der Waals surface area contributed by atoms with Crippen LogP contribution in [0.25, 0.3) is 11.3 Å². The first-order chi connectivity index (χ1) is 11.8. The van der Waals surface area contributed by atoms with E-state index in [1.807, 2.05) is 18.2 Å². The lowest BCUT2D eigenvalue weighted by molar-refractivity contribution is -0.0147. The van der Waals surface area contributed by atoms with E-state index in [9.17, 15) is 4.39 Å². The molecule has 0 aliphatic heterocycles. The molecule has 0 radical (unpaired) electrons. The highest BCUT2D eigenvalue weighted by Crippen LogP contribution is 2.53. The monoisotopic (exact) mass is 325 g/mol. The molecule has 1 aromatic carbocycles. The first kappa shape index (κ1) is 14.7. The molecule has 4 bridgehead atoms. The summed E-state index contributed by atoms with van der Waals surface area (Å²) in [5.74, 6) is 5.03. The maximum absolute atomic E-state index is 13.9. The van der Waals surface area contributed by atoms with Crippen molar-refractivity contribution in [3.8, 4) is 11.3 Å². The van der Waals surface area contributed by atoms with E-state index in [1.54, 1.807) is 12.1 Å². The van der Waals surface area contributed by atoms with Crippen molar-refractivity contribution in [2.45, 2.75) is 44.7 Å². The van der Waals surface area contributed by atoms with Crippen LogP contribution in [-0.4, -0.2) is 6.04 Å². The minimum atomic E-state index is -0.229. The molecule has 0 amide bonds. The van der Waals surface area contributed by atoms with Gasteiger partial charge in [0.2, 0.25) is 0 Å². The van der Waals surface area contributed by atoms with Crippen LogP contribution in [0.2, 0.25) is 0 Å². The van der Waals surface area contributed by atoms with Crippen molar-refractivity contribution >= 4 is 0 Å². The van der Waals surface area contributed by atoms with E-state index in [4.69, 9.17) is 4.42 Å². The number of nitrogens with one attached hydrogen (secondary N) is 1. The maximum Gasteiger partial charge on any atom is 0.137 e. The minimum absolute atomic E-state index is 0.229. The summed E-state index contributed by atoms with van der Waals surface area (Å²) in [6.45, 7) is 0.751. The molecule has 4 saturated carbocycles. The highest BCUT2D eigenvalue weighted by molar-refractivity contribution is 5.58. The first-order valence-electron chi connectivity index (χ1n) is 9.33. The number of halogens is 1. The Bertz CT molecular complexity index is 709. The van der Waals surface area contributed by atoms with Gasteiger partial charge in [0.05, 0.1) is 12.1 Å². The molecule has 24 heavy (non-hydrogen) atoms. The van der Waals surface area contributed by atoms with Crippen molar-refractivity contribution in [2.24, 2.45) is 23.7 Å². The lowest BCUT2D eigenvalue weighted by Gasteiger charge is -2.54. The van der Waals surface area contributed by atoms with Crippen LogP contribution in [0.3, 0.4) is 0 Å². The normalized spacial score (nSPS) is 34.0. The second-order valence-electron chi connectivity index (χ2n) is 8.08. The number of hydrogen-bond donors (Lipinski definition) is 1. The van der Waals surface area contributed by atoms with Crippen LogP contribution in [-0.2, 0) is 6.54 Å². The summed E-state index contributed by atoms with van der Waals surface area (Å²) in [7, 11) is 0. The molecule has 6 rings (SSSR count). The van der Waals surface area contributed by atoms with E-state index in [0.29, 0.717) is 17.4 Å². The van der Waals surface area contributed by atoms with Crippen molar-refractivity contribution in [3.63, 3.8) is 0 Å². The minimum Gasteiger partial charge on any atom is -0.460 e. The van der Waals surface area contributed by atoms with Crippen molar-refractivity contribution in [1.29, 1.82) is 0 Å². The Balaban J connectivity index is 1.27. The zero-order valence-electron chi connectivity index (χ0n) is 13.9. The van der Waals surface area contributed by atoms with Gasteiger partial charge >= 0.3 is 0 Å². The molecule has 0 atom stereocenters. The van der Waals surface area contributed by atoms with Gasteiger partial charge in [-0.2, -0.15) is 0 Å². The van der Waals surface area contributed by atoms with Gasteiger partial charge in [0.15, 0.2) is 0 Å². The van der Waals surface area contributed by atoms with E-state index in [-0.39, 0.29) is 5.82 Å². The summed E-state index contributed by atoms with van der Waals surface area (Å²) in [5.41, 5.74) is 0.540. The molecule has 4 aliphatic rings. The van der Waals surface area contributed by atoms with Crippen LogP contribution >= 0.6 is 0 Å². The lowest BCUT2D eigenvalue weighted by Crippen LogP contribution is -2.54. The van der Waals surface area contributed by atoms with Gasteiger partial charge in [0.25, 0.3) is 0 Å². The summed E-state index contributed by atoms with van der Waals surface area (Å²) in [5, 5.41) is 3.77. The fourth-order valence-electron chi connectivity index (χ4n) is 5.76. The van der Waals surface area contributed by atoms with Crippen LogP contribution in [0.4, 0.5) is 4.39 Å². The van der Waals surface area contributed by atoms with E-state index < -0.39 is 0 Å². The van der Waals surface area contributed by atoms with Crippen molar-refractivity contribution in [1.82, 2.24) is 5.32 Å². The molecular formula is C21H24FNO. The Kier molecular flexibility index (Phi) is 3.51. The molecule has 1 N–H and O–H groups in total. The van der Waals surface area contributed by atoms with Crippen molar-refractivity contribution in [2.75, 3.05) is 0 Å². The number of rotatable bonds is 4. The molecule has 1 heterocycles. The van der Waals surface area contributed by atoms with Gasteiger partial charge in [-0.1, -0.05) is 12.1 Å². The Morgan fingerprint density at radius 3 is 2.33 bits per heavy atom. The molecule has 2 aromatic rings. The summed E-state index contributed by atoms with van der Waals surface area (Å²) >= 11 is 0. The molecule has 0 saturated heterocycles. The molecule has 0 unspecified atom stereocenters. The molecular weight excluding hydrogens is 301 g/mol. The molecule has 4 fully saturated rings. The zero-order chi connectivity index (χ0) is 16.1. The van der Waals surface area contributed by atoms with Gasteiger partial charge in [0, 0.05) is 6.04 Å². The number of hydrogen-bond acceptors (Lipinski definition) is 2. The topological polar surface area (TPSA) is 25.2 Å². The third-order valence-electron chi connectivity index (χ3n) is 6.54. The van der Waals surface area contributed by atoms with E-state index in [1.165, 1.54) is 38.2 Å². The van der Waals surface area contributed by atoms with Gasteiger partial charge in [-0.3, -0.25) is 0 Å². The standard InChI is InChI=1S/C21H24FNO/c22-19-4-2-1-3-18(19)20-6-5-17(24-20)12-23-21-15-8-13-7-14(10-15)11-16(21)9-13/h1-6,13-16,21,23H,7-12H2. The van der Waals surface area contributed by atoms with Crippen molar-refractivity contribution < 1.29 is 8.81 Å². The molecule has 2 nitrogen and oxygen atoms in total. The Morgan fingerprint density at radius 1 is 0.917 bits per heavy atom. The summed E-state index contributed by atoms with van der Waals surface area (Å²) in [6.07, 6.45) is 7.17. The van der Waals surface area contributed by atoms with E-state index in [2.05, 4.69) is 5.32 Å². The average Bonchev–Trinajstić information content (AvgIpc) is 3.03. The smallest absolute Gasteiger partial charge is 0.137 e. The Hall–Kier alpha value is -1.61. The fraction of sp³-hybridized carbons (Fsp3) is 0.524. The lowest BCUT2D eigenvalue weighted by atomic mass is 9.54. The maximum atomic E-state index is 13.9. The average molecular weight is 325 g/mol. The largest absolute Gasteiger partial charge is 0.460 e. The van der Waals surface area contributed by atoms with Crippen LogP contribution in [0.15, 0.2) is 40.8 Å². The van der Waals surface area contributed by atoms with Crippen LogP contribution < -0.4 is 5.32 Å². The molecule has 126 valence electrons. The zero-order valence-corrected chi connectivity index (χ0v) is 13.9. The number of benzene rings is 1. The van der Waals surface area contributed by atoms with Gasteiger partial charge in [-0.05, 0) is 80.0 Å². The highest BCUT2D eigenvalue weighted by atomic mass is 19.1. The second kappa shape index (κ2) is 5.73. The Morgan fingerprint density at radius 2 is 1.62 bits per heavy atom. The van der Waals surface area contributed by atoms with Crippen LogP contribution in [0, 0.1) is 29.5 Å². The summed E-state index contributed by atoms with van der Waals surface area (Å²) in [6, 6.07) is 11.3. The first-order valence-corrected chi connectivity index (χ1v) is 9.33. The third-order valence-corrected chi connectivity index (χ3v) is 6.54. The molecule has 4 aliphatic carbocycles. The van der Waals surface area contributed by atoms with Gasteiger partial charge in [0.1, 0.15) is 17.3 Å². The third kappa shape index (κ3) is 2.50. The summed E-state index contributed by atoms with van der Waals surface area (Å²) in [4.78, 5) is 0. The summed E-state index contributed by atoms with van der Waals surface area (Å²) < 4.78 is 19.8.